The van der Waals surface area contributed by atoms with Crippen LogP contribution in [0.25, 0.3) is 105 Å². The van der Waals surface area contributed by atoms with Crippen LogP contribution in [0.15, 0.2) is 194 Å². The molecule has 0 nitrogen and oxygen atoms in total. The second-order valence-electron chi connectivity index (χ2n) is 18.3. The fourth-order valence-corrected chi connectivity index (χ4v) is 12.2. The largest absolute Gasteiger partial charge is 0.135 e. The van der Waals surface area contributed by atoms with Crippen LogP contribution in [0.4, 0.5) is 0 Å². The van der Waals surface area contributed by atoms with E-state index in [2.05, 4.69) is 220 Å². The van der Waals surface area contributed by atoms with Crippen LogP contribution in [0.2, 0.25) is 0 Å². The average Bonchev–Trinajstić information content (AvgIpc) is 3.73. The summed E-state index contributed by atoms with van der Waals surface area (Å²) in [7, 11) is 0. The number of hydrogen-bond acceptors (Lipinski definition) is 1. The van der Waals surface area contributed by atoms with Crippen molar-refractivity contribution in [2.45, 2.75) is 32.6 Å². The zero-order valence-corrected chi connectivity index (χ0v) is 37.4. The monoisotopic (exact) mass is 846 g/mol. The lowest BCUT2D eigenvalue weighted by Gasteiger charge is -2.28. The lowest BCUT2D eigenvalue weighted by Crippen LogP contribution is -2.09. The van der Waals surface area contributed by atoms with E-state index in [1.165, 1.54) is 131 Å². The van der Waals surface area contributed by atoms with Crippen LogP contribution in [0.3, 0.4) is 0 Å². The molecule has 2 atom stereocenters. The van der Waals surface area contributed by atoms with Gasteiger partial charge in [-0.05, 0) is 148 Å². The molecular weight excluding hydrogens is 801 g/mol. The molecule has 0 aliphatic heterocycles. The van der Waals surface area contributed by atoms with Gasteiger partial charge in [-0.15, -0.1) is 11.3 Å². The van der Waals surface area contributed by atoms with Crippen molar-refractivity contribution in [3.8, 4) is 44.5 Å². The second kappa shape index (κ2) is 15.2. The van der Waals surface area contributed by atoms with Crippen LogP contribution in [0.5, 0.6) is 0 Å². The van der Waals surface area contributed by atoms with Gasteiger partial charge in [-0.1, -0.05) is 202 Å². The van der Waals surface area contributed by atoms with Gasteiger partial charge in [0.15, 0.2) is 0 Å². The lowest BCUT2D eigenvalue weighted by atomic mass is 9.76. The molecule has 1 heterocycles. The predicted octanol–water partition coefficient (Wildman–Crippen LogP) is 18.0. The summed E-state index contributed by atoms with van der Waals surface area (Å²) in [6.07, 6.45) is 23.3. The van der Waals surface area contributed by atoms with Crippen molar-refractivity contribution < 1.29 is 0 Å². The molecule has 0 fully saturated rings. The summed E-state index contributed by atoms with van der Waals surface area (Å²) in [5.74, 6) is 0.498. The number of fused-ring (bicyclic) bond motifs is 4. The minimum atomic E-state index is 0.220. The van der Waals surface area contributed by atoms with Crippen molar-refractivity contribution in [3.05, 3.63) is 233 Å². The molecule has 2 bridgehead atoms. The van der Waals surface area contributed by atoms with Crippen molar-refractivity contribution in [2.24, 2.45) is 5.92 Å². The Kier molecular flexibility index (Phi) is 8.90. The van der Waals surface area contributed by atoms with Crippen LogP contribution < -0.4 is 0 Å². The highest BCUT2D eigenvalue weighted by Crippen LogP contribution is 2.47. The topological polar surface area (TPSA) is 0 Å². The summed E-state index contributed by atoms with van der Waals surface area (Å²) in [6, 6.07) is 57.3. The molecule has 4 aliphatic rings. The third-order valence-corrected chi connectivity index (χ3v) is 15.7. The first-order chi connectivity index (χ1) is 32.0. The lowest BCUT2D eigenvalue weighted by molar-refractivity contribution is 0.904. The van der Waals surface area contributed by atoms with E-state index in [4.69, 9.17) is 0 Å². The molecule has 0 amide bonds. The molecule has 65 heavy (non-hydrogen) atoms. The minimum absolute atomic E-state index is 0.220. The Morgan fingerprint density at radius 3 is 1.92 bits per heavy atom. The standard InChI is InChI=1S/C64H46S/c1-39-10-31-53(52-33-26-49-27-35-55(57(32-11-39)62(49)40(52)2)51-30-37-61-59(38-51)56-8-3-4-9-60(56)65-61)45-20-16-43(17-21-45)41-12-14-42(15-13-41)44-18-22-46(23-19-44)54-34-28-50-25-24-47-6-5-7-48-29-36-58(54)64(50)63(47)48/h3-5,7-24,26-40H,6,25H2,1-2H3/b31-10-,32-11-,53-52+. The number of rotatable bonds is 5. The molecule has 4 aliphatic carbocycles. The van der Waals surface area contributed by atoms with E-state index < -0.39 is 0 Å². The van der Waals surface area contributed by atoms with E-state index in [1.54, 1.807) is 0 Å². The molecule has 8 aromatic carbocycles. The van der Waals surface area contributed by atoms with E-state index in [0.29, 0.717) is 0 Å². The molecular formula is C64H46S. The van der Waals surface area contributed by atoms with Crippen molar-refractivity contribution in [3.63, 3.8) is 0 Å². The van der Waals surface area contributed by atoms with Crippen molar-refractivity contribution >= 4 is 71.7 Å². The van der Waals surface area contributed by atoms with E-state index in [9.17, 15) is 0 Å². The van der Waals surface area contributed by atoms with Gasteiger partial charge in [0.2, 0.25) is 0 Å². The predicted molar refractivity (Wildman–Crippen MR) is 282 cm³/mol. The van der Waals surface area contributed by atoms with Gasteiger partial charge in [-0.25, -0.2) is 0 Å². The van der Waals surface area contributed by atoms with Crippen molar-refractivity contribution in [1.82, 2.24) is 0 Å². The van der Waals surface area contributed by atoms with Gasteiger partial charge in [-0.3, -0.25) is 0 Å². The van der Waals surface area contributed by atoms with Crippen LogP contribution in [0.1, 0.15) is 65.1 Å². The molecule has 1 aromatic heterocycles. The summed E-state index contributed by atoms with van der Waals surface area (Å²) >= 11 is 1.88. The Morgan fingerprint density at radius 1 is 0.477 bits per heavy atom. The van der Waals surface area contributed by atoms with Gasteiger partial charge in [0.25, 0.3) is 0 Å². The summed E-state index contributed by atoms with van der Waals surface area (Å²) < 4.78 is 2.68. The molecule has 0 saturated carbocycles. The van der Waals surface area contributed by atoms with Crippen molar-refractivity contribution in [1.29, 1.82) is 0 Å². The first kappa shape index (κ1) is 38.2. The molecule has 0 spiro atoms. The molecule has 1 heteroatoms. The first-order valence-corrected chi connectivity index (χ1v) is 24.0. The van der Waals surface area contributed by atoms with Gasteiger partial charge in [0.1, 0.15) is 0 Å². The van der Waals surface area contributed by atoms with Gasteiger partial charge in [0.05, 0.1) is 0 Å². The maximum Gasteiger partial charge on any atom is 0.0355 e. The highest BCUT2D eigenvalue weighted by molar-refractivity contribution is 7.25. The maximum atomic E-state index is 2.43. The highest BCUT2D eigenvalue weighted by atomic mass is 32.1. The van der Waals surface area contributed by atoms with Gasteiger partial charge >= 0.3 is 0 Å². The molecule has 308 valence electrons. The Hall–Kier alpha value is -7.32. The fraction of sp³-hybridized carbons (Fsp3) is 0.0938. The quantitative estimate of drug-likeness (QED) is 0.162. The smallest absolute Gasteiger partial charge is 0.0355 e. The normalized spacial score (nSPS) is 19.1. The molecule has 0 N–H and O–H groups in total. The maximum absolute atomic E-state index is 2.43. The zero-order valence-electron chi connectivity index (χ0n) is 36.6. The molecule has 0 radical (unpaired) electrons. The van der Waals surface area contributed by atoms with Crippen LogP contribution >= 0.6 is 11.3 Å². The Labute approximate surface area is 385 Å². The number of allylic oxidation sites excluding steroid dienone is 9. The van der Waals surface area contributed by atoms with Crippen molar-refractivity contribution in [2.75, 3.05) is 0 Å². The highest BCUT2D eigenvalue weighted by Gasteiger charge is 2.26. The summed E-state index contributed by atoms with van der Waals surface area (Å²) in [6.45, 7) is 4.69. The molecule has 13 rings (SSSR count). The second-order valence-corrected chi connectivity index (χ2v) is 19.4. The summed E-state index contributed by atoms with van der Waals surface area (Å²) in [5.41, 5.74) is 23.7. The van der Waals surface area contributed by atoms with E-state index in [1.807, 2.05) is 11.3 Å². The SMILES string of the molecule is CC1/C=C\C(c2ccc(-c3ccc(-c4ccc(-c5ccc6c7c8c(ccc57)C=CCC8=CC6)cc4)cc3)cc2)=C2\C=Cc3ccc(-c4ccc5sc6ccccc6c5c4)c(c3C2C)/C=C\1. The number of thiophene rings is 1. The Morgan fingerprint density at radius 2 is 1.14 bits per heavy atom. The van der Waals surface area contributed by atoms with Gasteiger partial charge < -0.3 is 0 Å². The summed E-state index contributed by atoms with van der Waals surface area (Å²) in [5, 5.41) is 5.49. The van der Waals surface area contributed by atoms with E-state index in [0.717, 1.165) is 12.8 Å². The number of benzene rings is 8. The summed E-state index contributed by atoms with van der Waals surface area (Å²) in [4.78, 5) is 0. The van der Waals surface area contributed by atoms with Crippen LogP contribution in [-0.2, 0) is 6.42 Å². The first-order valence-electron chi connectivity index (χ1n) is 23.2. The van der Waals surface area contributed by atoms with Crippen LogP contribution in [0, 0.1) is 5.92 Å². The average molecular weight is 847 g/mol. The van der Waals surface area contributed by atoms with Gasteiger partial charge in [-0.2, -0.15) is 0 Å². The Balaban J connectivity index is 0.791. The molecule has 9 aromatic rings. The van der Waals surface area contributed by atoms with E-state index >= 15 is 0 Å². The number of hydrogen-bond donors (Lipinski definition) is 0. The fourth-order valence-electron chi connectivity index (χ4n) is 11.1. The zero-order chi connectivity index (χ0) is 43.2. The Bertz CT molecular complexity index is 3630. The third kappa shape index (κ3) is 6.33. The van der Waals surface area contributed by atoms with Gasteiger partial charge in [0, 0.05) is 26.1 Å². The molecule has 0 saturated heterocycles. The molecule has 2 unspecified atom stereocenters. The third-order valence-electron chi connectivity index (χ3n) is 14.6. The van der Waals surface area contributed by atoms with Crippen LogP contribution in [-0.4, -0.2) is 0 Å². The van der Waals surface area contributed by atoms with E-state index in [-0.39, 0.29) is 11.8 Å². The minimum Gasteiger partial charge on any atom is -0.135 e.